The van der Waals surface area contributed by atoms with Crippen molar-refractivity contribution in [1.29, 1.82) is 0 Å². The number of amides is 1. The quantitative estimate of drug-likeness (QED) is 0.506. The number of hydrogen-bond donors (Lipinski definition) is 2. The number of likely N-dealkylation sites (N-methyl/N-ethyl adjacent to an activating group) is 1. The van der Waals surface area contributed by atoms with Gasteiger partial charge in [0, 0.05) is 47.6 Å². The van der Waals surface area contributed by atoms with E-state index in [-0.39, 0.29) is 11.7 Å². The average molecular weight is 393 g/mol. The van der Waals surface area contributed by atoms with Gasteiger partial charge >= 0.3 is 0 Å². The van der Waals surface area contributed by atoms with Crippen molar-refractivity contribution in [2.75, 3.05) is 27.2 Å². The maximum atomic E-state index is 13.4. The van der Waals surface area contributed by atoms with Gasteiger partial charge in [-0.15, -0.1) is 0 Å². The van der Waals surface area contributed by atoms with Crippen molar-refractivity contribution >= 4 is 27.7 Å². The maximum absolute atomic E-state index is 13.4. The van der Waals surface area contributed by atoms with Crippen molar-refractivity contribution in [2.24, 2.45) is 0 Å². The lowest BCUT2D eigenvalue weighted by Gasteiger charge is -2.10. The number of benzene rings is 2. The van der Waals surface area contributed by atoms with Crippen molar-refractivity contribution in [3.8, 4) is 11.1 Å². The number of H-pyrrole nitrogens is 1. The second-order valence-electron chi connectivity index (χ2n) is 7.44. The largest absolute Gasteiger partial charge is 0.360 e. The molecule has 0 radical (unpaired) electrons. The van der Waals surface area contributed by atoms with Gasteiger partial charge in [0.25, 0.3) is 0 Å². The molecule has 0 atom stereocenters. The monoisotopic (exact) mass is 393 g/mol. The molecule has 0 aliphatic rings. The number of rotatable bonds is 7. The Bertz CT molecular complexity index is 1160. The second-order valence-corrected chi connectivity index (χ2v) is 7.44. The summed E-state index contributed by atoms with van der Waals surface area (Å²) in [6.07, 6.45) is 4.10. The standard InChI is InChI=1S/C22H24FN5O/c1-27(2)10-8-24-22(29)7-9-28-21-6-3-15(11-16(21)13-26-28)19-14-25-20-12-17(23)4-5-18(19)20/h3-6,11-14,25H,7-10H2,1-2H3,(H,24,29). The lowest BCUT2D eigenvalue weighted by Crippen LogP contribution is -2.31. The molecule has 0 bridgehead atoms. The lowest BCUT2D eigenvalue weighted by molar-refractivity contribution is -0.121. The first kappa shape index (κ1) is 19.1. The van der Waals surface area contributed by atoms with Gasteiger partial charge in [0.1, 0.15) is 5.82 Å². The molecule has 0 unspecified atom stereocenters. The SMILES string of the molecule is CN(C)CCNC(=O)CCn1ncc2cc(-c3c[nH]c4cc(F)ccc34)ccc21. The Kier molecular flexibility index (Phi) is 5.31. The maximum Gasteiger partial charge on any atom is 0.221 e. The third kappa shape index (κ3) is 4.14. The molecule has 0 spiro atoms. The van der Waals surface area contributed by atoms with Crippen LogP contribution in [0.1, 0.15) is 6.42 Å². The Morgan fingerprint density at radius 3 is 2.93 bits per heavy atom. The Balaban J connectivity index is 1.49. The zero-order valence-electron chi connectivity index (χ0n) is 16.6. The number of carbonyl (C=O) groups is 1. The van der Waals surface area contributed by atoms with E-state index in [1.165, 1.54) is 12.1 Å². The third-order valence-electron chi connectivity index (χ3n) is 5.03. The van der Waals surface area contributed by atoms with Gasteiger partial charge in [0.05, 0.1) is 18.3 Å². The molecule has 2 aromatic carbocycles. The molecule has 4 rings (SSSR count). The van der Waals surface area contributed by atoms with Crippen LogP contribution in [0.2, 0.25) is 0 Å². The fourth-order valence-electron chi connectivity index (χ4n) is 3.48. The molecule has 0 fully saturated rings. The minimum absolute atomic E-state index is 0.0261. The number of fused-ring (bicyclic) bond motifs is 2. The van der Waals surface area contributed by atoms with Crippen LogP contribution in [0.5, 0.6) is 0 Å². The third-order valence-corrected chi connectivity index (χ3v) is 5.03. The van der Waals surface area contributed by atoms with E-state index in [0.29, 0.717) is 19.5 Å². The van der Waals surface area contributed by atoms with Crippen molar-refractivity contribution in [1.82, 2.24) is 25.0 Å². The van der Waals surface area contributed by atoms with Crippen LogP contribution in [0, 0.1) is 5.82 Å². The minimum Gasteiger partial charge on any atom is -0.360 e. The van der Waals surface area contributed by atoms with E-state index in [1.54, 1.807) is 6.07 Å². The highest BCUT2D eigenvalue weighted by atomic mass is 19.1. The van der Waals surface area contributed by atoms with Crippen LogP contribution in [0.4, 0.5) is 4.39 Å². The fraction of sp³-hybridized carbons (Fsp3) is 0.273. The van der Waals surface area contributed by atoms with E-state index in [4.69, 9.17) is 0 Å². The molecule has 4 aromatic rings. The molecule has 6 nitrogen and oxygen atoms in total. The molecular weight excluding hydrogens is 369 g/mol. The van der Waals surface area contributed by atoms with Crippen LogP contribution in [0.15, 0.2) is 48.8 Å². The average Bonchev–Trinajstić information content (AvgIpc) is 3.29. The molecular formula is C22H24FN5O. The number of nitrogens with zero attached hydrogens (tertiary/aromatic N) is 3. The van der Waals surface area contributed by atoms with Gasteiger partial charge in [-0.25, -0.2) is 4.39 Å². The smallest absolute Gasteiger partial charge is 0.221 e. The van der Waals surface area contributed by atoms with E-state index in [1.807, 2.05) is 48.2 Å². The molecule has 7 heteroatoms. The second kappa shape index (κ2) is 8.05. The number of halogens is 1. The summed E-state index contributed by atoms with van der Waals surface area (Å²) in [6.45, 7) is 1.99. The molecule has 2 N–H and O–H groups in total. The van der Waals surface area contributed by atoms with Gasteiger partial charge in [-0.3, -0.25) is 9.48 Å². The predicted molar refractivity (Wildman–Crippen MR) is 113 cm³/mol. The van der Waals surface area contributed by atoms with Crippen LogP contribution in [-0.2, 0) is 11.3 Å². The van der Waals surface area contributed by atoms with E-state index < -0.39 is 0 Å². The number of carbonyl (C=O) groups excluding carboxylic acids is 1. The van der Waals surface area contributed by atoms with E-state index in [9.17, 15) is 9.18 Å². The highest BCUT2D eigenvalue weighted by Crippen LogP contribution is 2.31. The molecule has 0 aliphatic heterocycles. The number of aromatic amines is 1. The first-order chi connectivity index (χ1) is 14.0. The lowest BCUT2D eigenvalue weighted by atomic mass is 10.0. The molecule has 0 saturated heterocycles. The van der Waals surface area contributed by atoms with Crippen LogP contribution < -0.4 is 5.32 Å². The van der Waals surface area contributed by atoms with Crippen LogP contribution in [-0.4, -0.2) is 52.8 Å². The molecule has 2 heterocycles. The van der Waals surface area contributed by atoms with Crippen molar-refractivity contribution in [3.05, 3.63) is 54.6 Å². The summed E-state index contributed by atoms with van der Waals surface area (Å²) < 4.78 is 15.3. The fourth-order valence-corrected chi connectivity index (χ4v) is 3.48. The van der Waals surface area contributed by atoms with Crippen LogP contribution >= 0.6 is 0 Å². The highest BCUT2D eigenvalue weighted by molar-refractivity contribution is 5.97. The van der Waals surface area contributed by atoms with Crippen molar-refractivity contribution in [3.63, 3.8) is 0 Å². The van der Waals surface area contributed by atoms with Crippen LogP contribution in [0.3, 0.4) is 0 Å². The summed E-state index contributed by atoms with van der Waals surface area (Å²) in [5.74, 6) is -0.230. The van der Waals surface area contributed by atoms with E-state index in [0.717, 1.165) is 39.5 Å². The minimum atomic E-state index is -0.256. The topological polar surface area (TPSA) is 66.0 Å². The molecule has 29 heavy (non-hydrogen) atoms. The van der Waals surface area contributed by atoms with Gasteiger partial charge in [-0.1, -0.05) is 6.07 Å². The van der Waals surface area contributed by atoms with Crippen LogP contribution in [0.25, 0.3) is 32.9 Å². The zero-order chi connectivity index (χ0) is 20.4. The number of aromatic nitrogens is 3. The predicted octanol–water partition coefficient (Wildman–Crippen LogP) is 3.39. The summed E-state index contributed by atoms with van der Waals surface area (Å²) >= 11 is 0. The molecule has 0 saturated carbocycles. The molecule has 0 aliphatic carbocycles. The van der Waals surface area contributed by atoms with Gasteiger partial charge in [-0.05, 0) is 50.0 Å². The van der Waals surface area contributed by atoms with E-state index in [2.05, 4.69) is 21.5 Å². The summed E-state index contributed by atoms with van der Waals surface area (Å²) in [7, 11) is 3.95. The first-order valence-electron chi connectivity index (χ1n) is 9.65. The summed E-state index contributed by atoms with van der Waals surface area (Å²) in [4.78, 5) is 17.2. The molecule has 2 aromatic heterocycles. The number of hydrogen-bond acceptors (Lipinski definition) is 3. The Labute approximate surface area is 168 Å². The normalized spacial score (nSPS) is 11.6. The van der Waals surface area contributed by atoms with Gasteiger partial charge < -0.3 is 15.2 Å². The first-order valence-corrected chi connectivity index (χ1v) is 9.65. The Morgan fingerprint density at radius 1 is 1.24 bits per heavy atom. The van der Waals surface area contributed by atoms with Crippen molar-refractivity contribution in [2.45, 2.75) is 13.0 Å². The van der Waals surface area contributed by atoms with Gasteiger partial charge in [0.2, 0.25) is 5.91 Å². The Morgan fingerprint density at radius 2 is 2.10 bits per heavy atom. The van der Waals surface area contributed by atoms with Gasteiger partial charge in [-0.2, -0.15) is 5.10 Å². The van der Waals surface area contributed by atoms with Gasteiger partial charge in [0.15, 0.2) is 0 Å². The molecule has 150 valence electrons. The number of aryl methyl sites for hydroxylation is 1. The Hall–Kier alpha value is -3.19. The van der Waals surface area contributed by atoms with Crippen molar-refractivity contribution < 1.29 is 9.18 Å². The zero-order valence-corrected chi connectivity index (χ0v) is 16.6. The summed E-state index contributed by atoms with van der Waals surface area (Å²) in [5, 5.41) is 9.35. The molecule has 1 amide bonds. The number of nitrogens with one attached hydrogen (secondary N) is 2. The highest BCUT2D eigenvalue weighted by Gasteiger charge is 2.10. The van der Waals surface area contributed by atoms with E-state index >= 15 is 0 Å². The summed E-state index contributed by atoms with van der Waals surface area (Å²) in [5.41, 5.74) is 3.82. The summed E-state index contributed by atoms with van der Waals surface area (Å²) in [6, 6.07) is 10.9.